The first-order valence-electron chi connectivity index (χ1n) is 13.4. The number of carbonyl (C=O) groups excluding carboxylic acids is 2. The summed E-state index contributed by atoms with van der Waals surface area (Å²) in [5.74, 6) is 0.964. The molecule has 1 saturated carbocycles. The lowest BCUT2D eigenvalue weighted by Crippen LogP contribution is -2.48. The second-order valence-electron chi connectivity index (χ2n) is 9.75. The fraction of sp³-hybridized carbons (Fsp3) is 0.517. The smallest absolute Gasteiger partial charge is 0.411 e. The predicted molar refractivity (Wildman–Crippen MR) is 143 cm³/mol. The van der Waals surface area contributed by atoms with Gasteiger partial charge in [-0.05, 0) is 74.9 Å². The lowest BCUT2D eigenvalue weighted by atomic mass is 9.94. The summed E-state index contributed by atoms with van der Waals surface area (Å²) in [6.45, 7) is 12.8. The van der Waals surface area contributed by atoms with E-state index in [1.165, 1.54) is 19.4 Å². The number of carbonyl (C=O) groups is 2. The SMILES string of the molecule is CCOC(=O)Nc1cccc(C(c2ccc(C(=O)N(CC)CC)cc2)N2CCN(CC3CC3)CC2)c1. The monoisotopic (exact) mass is 492 g/mol. The normalized spacial score (nSPS) is 17.4. The van der Waals surface area contributed by atoms with Crippen molar-refractivity contribution in [3.63, 3.8) is 0 Å². The van der Waals surface area contributed by atoms with Crippen molar-refractivity contribution in [1.29, 1.82) is 0 Å². The number of nitrogens with one attached hydrogen (secondary N) is 1. The van der Waals surface area contributed by atoms with Gasteiger partial charge < -0.3 is 14.5 Å². The van der Waals surface area contributed by atoms with Crippen LogP contribution in [-0.4, -0.2) is 79.1 Å². The molecule has 2 aliphatic rings. The molecule has 0 aromatic heterocycles. The molecule has 7 nitrogen and oxygen atoms in total. The maximum absolute atomic E-state index is 12.8. The average Bonchev–Trinajstić information content (AvgIpc) is 3.71. The van der Waals surface area contributed by atoms with Gasteiger partial charge in [0.05, 0.1) is 12.6 Å². The highest BCUT2D eigenvalue weighted by Crippen LogP contribution is 2.33. The fourth-order valence-corrected chi connectivity index (χ4v) is 5.06. The Morgan fingerprint density at radius 1 is 0.972 bits per heavy atom. The Hall–Kier alpha value is -2.90. The van der Waals surface area contributed by atoms with Crippen LogP contribution in [0.4, 0.5) is 10.5 Å². The summed E-state index contributed by atoms with van der Waals surface area (Å²) in [6, 6.07) is 16.1. The Balaban J connectivity index is 1.58. The molecular weight excluding hydrogens is 452 g/mol. The third-order valence-electron chi connectivity index (χ3n) is 7.23. The molecule has 1 heterocycles. The van der Waals surface area contributed by atoms with Gasteiger partial charge in [0.2, 0.25) is 0 Å². The Morgan fingerprint density at radius 2 is 1.67 bits per heavy atom. The van der Waals surface area contributed by atoms with Crippen molar-refractivity contribution in [3.8, 4) is 0 Å². The number of benzene rings is 2. The third kappa shape index (κ3) is 6.65. The first-order chi connectivity index (χ1) is 17.5. The number of anilines is 1. The van der Waals surface area contributed by atoms with E-state index in [-0.39, 0.29) is 11.9 Å². The van der Waals surface area contributed by atoms with Crippen LogP contribution in [0.1, 0.15) is 61.1 Å². The third-order valence-corrected chi connectivity index (χ3v) is 7.23. The highest BCUT2D eigenvalue weighted by Gasteiger charge is 2.30. The maximum Gasteiger partial charge on any atom is 0.411 e. The molecule has 1 unspecified atom stereocenters. The molecule has 0 bridgehead atoms. The highest BCUT2D eigenvalue weighted by molar-refractivity contribution is 5.94. The molecule has 4 rings (SSSR count). The molecule has 7 heteroatoms. The van der Waals surface area contributed by atoms with Crippen molar-refractivity contribution in [2.24, 2.45) is 5.92 Å². The van der Waals surface area contributed by atoms with E-state index in [0.29, 0.717) is 25.3 Å². The van der Waals surface area contributed by atoms with Crippen LogP contribution in [0.25, 0.3) is 0 Å². The number of nitrogens with zero attached hydrogens (tertiary/aromatic N) is 3. The van der Waals surface area contributed by atoms with Crippen LogP contribution in [0, 0.1) is 5.92 Å². The van der Waals surface area contributed by atoms with Crippen molar-refractivity contribution in [2.75, 3.05) is 57.7 Å². The lowest BCUT2D eigenvalue weighted by Gasteiger charge is -2.40. The van der Waals surface area contributed by atoms with Crippen LogP contribution in [0.5, 0.6) is 0 Å². The van der Waals surface area contributed by atoms with Crippen molar-refractivity contribution < 1.29 is 14.3 Å². The Morgan fingerprint density at radius 3 is 2.28 bits per heavy atom. The van der Waals surface area contributed by atoms with E-state index < -0.39 is 6.09 Å². The number of amides is 2. The molecule has 36 heavy (non-hydrogen) atoms. The molecule has 0 radical (unpaired) electrons. The number of hydrogen-bond acceptors (Lipinski definition) is 5. The van der Waals surface area contributed by atoms with Gasteiger partial charge in [0.15, 0.2) is 0 Å². The second kappa shape index (κ2) is 12.4. The van der Waals surface area contributed by atoms with Crippen LogP contribution in [0.3, 0.4) is 0 Å². The number of piperazine rings is 1. The van der Waals surface area contributed by atoms with E-state index in [9.17, 15) is 9.59 Å². The van der Waals surface area contributed by atoms with Crippen LogP contribution in [-0.2, 0) is 4.74 Å². The van der Waals surface area contributed by atoms with Gasteiger partial charge in [-0.3, -0.25) is 15.0 Å². The minimum atomic E-state index is -0.445. The highest BCUT2D eigenvalue weighted by atomic mass is 16.5. The summed E-state index contributed by atoms with van der Waals surface area (Å²) in [6.07, 6.45) is 2.31. The molecule has 2 aromatic rings. The van der Waals surface area contributed by atoms with E-state index in [1.54, 1.807) is 6.92 Å². The minimum Gasteiger partial charge on any atom is -0.450 e. The molecule has 2 aromatic carbocycles. The molecule has 2 fully saturated rings. The molecule has 2 amide bonds. The fourth-order valence-electron chi connectivity index (χ4n) is 5.06. The van der Waals surface area contributed by atoms with Crippen molar-refractivity contribution in [2.45, 2.75) is 39.7 Å². The van der Waals surface area contributed by atoms with E-state index >= 15 is 0 Å². The van der Waals surface area contributed by atoms with Crippen LogP contribution in [0.2, 0.25) is 0 Å². The predicted octanol–water partition coefficient (Wildman–Crippen LogP) is 4.85. The van der Waals surface area contributed by atoms with E-state index in [1.807, 2.05) is 49.1 Å². The molecule has 1 N–H and O–H groups in total. The van der Waals surface area contributed by atoms with Gasteiger partial charge in [-0.25, -0.2) is 4.79 Å². The van der Waals surface area contributed by atoms with Crippen LogP contribution < -0.4 is 5.32 Å². The van der Waals surface area contributed by atoms with Crippen molar-refractivity contribution in [1.82, 2.24) is 14.7 Å². The summed E-state index contributed by atoms with van der Waals surface area (Å²) < 4.78 is 5.07. The van der Waals surface area contributed by atoms with Crippen molar-refractivity contribution in [3.05, 3.63) is 65.2 Å². The van der Waals surface area contributed by atoms with Crippen LogP contribution in [0.15, 0.2) is 48.5 Å². The minimum absolute atomic E-state index is 0.0367. The number of rotatable bonds is 10. The maximum atomic E-state index is 12.8. The Kier molecular flexibility index (Phi) is 8.99. The zero-order chi connectivity index (χ0) is 25.5. The molecule has 1 saturated heterocycles. The van der Waals surface area contributed by atoms with Gasteiger partial charge in [0, 0.05) is 57.1 Å². The standard InChI is InChI=1S/C29H40N4O3/c1-4-32(5-2)28(34)24-14-12-23(13-15-24)27(33-18-16-31(17-19-33)21-22-10-11-22)25-8-7-9-26(20-25)30-29(35)36-6-3/h7-9,12-15,20,22,27H,4-6,10-11,16-19,21H2,1-3H3,(H,30,35). The average molecular weight is 493 g/mol. The van der Waals surface area contributed by atoms with E-state index in [4.69, 9.17) is 4.74 Å². The molecule has 1 atom stereocenters. The largest absolute Gasteiger partial charge is 0.450 e. The molecule has 0 spiro atoms. The topological polar surface area (TPSA) is 65.1 Å². The van der Waals surface area contributed by atoms with E-state index in [0.717, 1.165) is 48.9 Å². The van der Waals surface area contributed by atoms with Gasteiger partial charge in [-0.1, -0.05) is 24.3 Å². The lowest BCUT2D eigenvalue weighted by molar-refractivity contribution is 0.0772. The number of ether oxygens (including phenoxy) is 1. The van der Waals surface area contributed by atoms with Crippen LogP contribution >= 0.6 is 0 Å². The summed E-state index contributed by atoms with van der Waals surface area (Å²) in [5, 5.41) is 2.84. The second-order valence-corrected chi connectivity index (χ2v) is 9.75. The zero-order valence-electron chi connectivity index (χ0n) is 21.9. The van der Waals surface area contributed by atoms with Gasteiger partial charge in [0.1, 0.15) is 0 Å². The first-order valence-corrected chi connectivity index (χ1v) is 13.4. The van der Waals surface area contributed by atoms with Gasteiger partial charge in [-0.15, -0.1) is 0 Å². The van der Waals surface area contributed by atoms with E-state index in [2.05, 4.69) is 33.3 Å². The quantitative estimate of drug-likeness (QED) is 0.513. The molecular formula is C29H40N4O3. The number of hydrogen-bond donors (Lipinski definition) is 1. The van der Waals surface area contributed by atoms with Gasteiger partial charge >= 0.3 is 6.09 Å². The van der Waals surface area contributed by atoms with Gasteiger partial charge in [0.25, 0.3) is 5.91 Å². The summed E-state index contributed by atoms with van der Waals surface area (Å²) in [4.78, 5) is 31.8. The zero-order valence-corrected chi connectivity index (χ0v) is 21.9. The molecule has 1 aliphatic heterocycles. The summed E-state index contributed by atoms with van der Waals surface area (Å²) in [7, 11) is 0. The molecule has 194 valence electrons. The Bertz CT molecular complexity index is 1010. The summed E-state index contributed by atoms with van der Waals surface area (Å²) in [5.41, 5.74) is 3.70. The van der Waals surface area contributed by atoms with Gasteiger partial charge in [-0.2, -0.15) is 0 Å². The van der Waals surface area contributed by atoms with Crippen molar-refractivity contribution >= 4 is 17.7 Å². The molecule has 1 aliphatic carbocycles. The Labute approximate surface area is 215 Å². The first kappa shape index (κ1) is 26.2. The summed E-state index contributed by atoms with van der Waals surface area (Å²) >= 11 is 0.